The highest BCUT2D eigenvalue weighted by atomic mass is 16.5. The van der Waals surface area contributed by atoms with Crippen LogP contribution < -0.4 is 14.8 Å². The fourth-order valence-electron chi connectivity index (χ4n) is 3.87. The molecule has 0 fully saturated rings. The van der Waals surface area contributed by atoms with Gasteiger partial charge in [0.2, 0.25) is 0 Å². The monoisotopic (exact) mass is 456 g/mol. The maximum atomic E-state index is 13.1. The van der Waals surface area contributed by atoms with Gasteiger partial charge in [-0.1, -0.05) is 42.0 Å². The molecule has 0 bridgehead atoms. The summed E-state index contributed by atoms with van der Waals surface area (Å²) in [4.78, 5) is 15.2. The number of fused-ring (bicyclic) bond motifs is 1. The number of carbonyl (C=O) groups is 1. The second-order valence-electron chi connectivity index (χ2n) is 8.87. The molecule has 0 unspecified atom stereocenters. The zero-order valence-electron chi connectivity index (χ0n) is 20.1. The number of carbonyl (C=O) groups excluding carboxylic acids is 1. The van der Waals surface area contributed by atoms with E-state index in [2.05, 4.69) is 53.5 Å². The number of hydrogen-bond acceptors (Lipinski definition) is 4. The Balaban J connectivity index is 1.47. The highest BCUT2D eigenvalue weighted by Gasteiger charge is 2.16. The average Bonchev–Trinajstić information content (AvgIpc) is 3.04. The molecule has 5 heteroatoms. The molecule has 0 aromatic heterocycles. The first kappa shape index (κ1) is 23.6. The average molecular weight is 457 g/mol. The Hall–Kier alpha value is -3.57. The maximum absolute atomic E-state index is 13.1. The van der Waals surface area contributed by atoms with Crippen LogP contribution in [-0.4, -0.2) is 44.7 Å². The molecule has 5 nitrogen and oxygen atoms in total. The SMILES string of the molecule is Cc1ccc(-c2ccc3c(c2)C=C(C(=O)Nc2cccc(OCCCN(C)C)c2)CCO3)cc1. The number of nitrogens with zero attached hydrogens (tertiary/aromatic N) is 1. The lowest BCUT2D eigenvalue weighted by Gasteiger charge is -2.12. The maximum Gasteiger partial charge on any atom is 0.251 e. The molecule has 4 rings (SSSR count). The van der Waals surface area contributed by atoms with Gasteiger partial charge in [0.15, 0.2) is 0 Å². The third-order valence-corrected chi connectivity index (χ3v) is 5.76. The molecule has 3 aromatic carbocycles. The minimum absolute atomic E-state index is 0.123. The van der Waals surface area contributed by atoms with Gasteiger partial charge in [0.1, 0.15) is 11.5 Å². The minimum Gasteiger partial charge on any atom is -0.493 e. The van der Waals surface area contributed by atoms with E-state index in [1.807, 2.05) is 50.5 Å². The van der Waals surface area contributed by atoms with Crippen molar-refractivity contribution in [3.63, 3.8) is 0 Å². The fraction of sp³-hybridized carbons (Fsp3) is 0.276. The van der Waals surface area contributed by atoms with Crippen LogP contribution in [0, 0.1) is 6.92 Å². The van der Waals surface area contributed by atoms with Crippen molar-refractivity contribution in [1.29, 1.82) is 0 Å². The quantitative estimate of drug-likeness (QED) is 0.436. The van der Waals surface area contributed by atoms with Gasteiger partial charge in [-0.05, 0) is 68.9 Å². The number of ether oxygens (including phenoxy) is 2. The number of amides is 1. The summed E-state index contributed by atoms with van der Waals surface area (Å²) in [5.41, 5.74) is 5.79. The van der Waals surface area contributed by atoms with E-state index in [0.717, 1.165) is 46.8 Å². The Morgan fingerprint density at radius 1 is 1.03 bits per heavy atom. The van der Waals surface area contributed by atoms with Crippen LogP contribution in [0.15, 0.2) is 72.3 Å². The molecule has 0 spiro atoms. The summed E-state index contributed by atoms with van der Waals surface area (Å²) in [5, 5.41) is 3.02. The van der Waals surface area contributed by atoms with Crippen LogP contribution in [0.25, 0.3) is 17.2 Å². The van der Waals surface area contributed by atoms with Gasteiger partial charge in [-0.2, -0.15) is 0 Å². The molecule has 1 heterocycles. The van der Waals surface area contributed by atoms with Gasteiger partial charge < -0.3 is 19.7 Å². The molecule has 0 saturated heterocycles. The lowest BCUT2D eigenvalue weighted by Crippen LogP contribution is -2.16. The highest BCUT2D eigenvalue weighted by molar-refractivity contribution is 6.07. The van der Waals surface area contributed by atoms with E-state index >= 15 is 0 Å². The topological polar surface area (TPSA) is 50.8 Å². The van der Waals surface area contributed by atoms with Crippen molar-refractivity contribution in [2.45, 2.75) is 19.8 Å². The fourth-order valence-corrected chi connectivity index (χ4v) is 3.87. The first-order chi connectivity index (χ1) is 16.5. The summed E-state index contributed by atoms with van der Waals surface area (Å²) < 4.78 is 11.8. The molecule has 0 saturated carbocycles. The molecular weight excluding hydrogens is 424 g/mol. The molecule has 3 aromatic rings. The number of rotatable bonds is 8. The van der Waals surface area contributed by atoms with Crippen molar-refractivity contribution in [3.05, 3.63) is 83.4 Å². The molecule has 0 atom stereocenters. The molecule has 176 valence electrons. The van der Waals surface area contributed by atoms with E-state index in [0.29, 0.717) is 25.2 Å². The van der Waals surface area contributed by atoms with Gasteiger partial charge in [-0.3, -0.25) is 4.79 Å². The van der Waals surface area contributed by atoms with Crippen molar-refractivity contribution in [2.75, 3.05) is 39.2 Å². The number of hydrogen-bond donors (Lipinski definition) is 1. The van der Waals surface area contributed by atoms with E-state index in [-0.39, 0.29) is 5.91 Å². The van der Waals surface area contributed by atoms with Gasteiger partial charge in [0.25, 0.3) is 5.91 Å². The smallest absolute Gasteiger partial charge is 0.251 e. The number of aryl methyl sites for hydroxylation is 1. The molecule has 1 N–H and O–H groups in total. The van der Waals surface area contributed by atoms with Crippen molar-refractivity contribution in [2.24, 2.45) is 0 Å². The van der Waals surface area contributed by atoms with Crippen molar-refractivity contribution in [1.82, 2.24) is 4.90 Å². The van der Waals surface area contributed by atoms with Crippen LogP contribution in [0.3, 0.4) is 0 Å². The van der Waals surface area contributed by atoms with E-state index in [9.17, 15) is 4.79 Å². The van der Waals surface area contributed by atoms with Gasteiger partial charge in [0.05, 0.1) is 13.2 Å². The van der Waals surface area contributed by atoms with Crippen LogP contribution in [-0.2, 0) is 4.79 Å². The van der Waals surface area contributed by atoms with E-state index < -0.39 is 0 Å². The van der Waals surface area contributed by atoms with E-state index in [1.165, 1.54) is 5.56 Å². The lowest BCUT2D eigenvalue weighted by molar-refractivity contribution is -0.113. The Morgan fingerprint density at radius 2 is 1.82 bits per heavy atom. The van der Waals surface area contributed by atoms with Gasteiger partial charge in [-0.25, -0.2) is 0 Å². The Morgan fingerprint density at radius 3 is 2.62 bits per heavy atom. The zero-order chi connectivity index (χ0) is 23.9. The summed E-state index contributed by atoms with van der Waals surface area (Å²) in [5.74, 6) is 1.43. The zero-order valence-corrected chi connectivity index (χ0v) is 20.1. The van der Waals surface area contributed by atoms with Gasteiger partial charge in [-0.15, -0.1) is 0 Å². The molecule has 1 amide bonds. The first-order valence-electron chi connectivity index (χ1n) is 11.7. The first-order valence-corrected chi connectivity index (χ1v) is 11.7. The highest BCUT2D eigenvalue weighted by Crippen LogP contribution is 2.31. The molecule has 0 aliphatic carbocycles. The van der Waals surface area contributed by atoms with Crippen LogP contribution >= 0.6 is 0 Å². The van der Waals surface area contributed by atoms with Crippen LogP contribution in [0.5, 0.6) is 11.5 Å². The van der Waals surface area contributed by atoms with E-state index in [4.69, 9.17) is 9.47 Å². The van der Waals surface area contributed by atoms with Crippen molar-refractivity contribution < 1.29 is 14.3 Å². The Bertz CT molecular complexity index is 1170. The number of nitrogens with one attached hydrogen (secondary N) is 1. The number of anilines is 1. The summed E-state index contributed by atoms with van der Waals surface area (Å²) in [7, 11) is 4.09. The third-order valence-electron chi connectivity index (χ3n) is 5.76. The summed E-state index contributed by atoms with van der Waals surface area (Å²) >= 11 is 0. The predicted octanol–water partition coefficient (Wildman–Crippen LogP) is 5.80. The molecule has 34 heavy (non-hydrogen) atoms. The molecule has 1 aliphatic rings. The number of benzene rings is 3. The Labute approximate surface area is 202 Å². The van der Waals surface area contributed by atoms with Crippen molar-refractivity contribution in [3.8, 4) is 22.6 Å². The second kappa shape index (κ2) is 11.0. The second-order valence-corrected chi connectivity index (χ2v) is 8.87. The third kappa shape index (κ3) is 6.27. The molecule has 1 aliphatic heterocycles. The van der Waals surface area contributed by atoms with Crippen LogP contribution in [0.1, 0.15) is 24.0 Å². The normalized spacial score (nSPS) is 12.9. The van der Waals surface area contributed by atoms with E-state index in [1.54, 1.807) is 0 Å². The van der Waals surface area contributed by atoms with Crippen molar-refractivity contribution >= 4 is 17.7 Å². The summed E-state index contributed by atoms with van der Waals surface area (Å²) in [6, 6.07) is 22.1. The Kier molecular flexibility index (Phi) is 7.65. The molecule has 0 radical (unpaired) electrons. The predicted molar refractivity (Wildman–Crippen MR) is 138 cm³/mol. The standard InChI is InChI=1S/C29H32N2O3/c1-21-8-10-22(11-9-21)23-12-13-28-25(18-23)19-24(14-17-34-28)29(32)30-26-6-4-7-27(20-26)33-16-5-15-31(2)3/h4,6-13,18-20H,5,14-17H2,1-3H3,(H,30,32). The van der Waals surface area contributed by atoms with Gasteiger partial charge in [0, 0.05) is 35.9 Å². The lowest BCUT2D eigenvalue weighted by atomic mass is 10.00. The largest absolute Gasteiger partial charge is 0.493 e. The minimum atomic E-state index is -0.123. The summed E-state index contributed by atoms with van der Waals surface area (Å²) in [6.45, 7) is 4.15. The van der Waals surface area contributed by atoms with Gasteiger partial charge >= 0.3 is 0 Å². The van der Waals surface area contributed by atoms with Crippen LogP contribution in [0.2, 0.25) is 0 Å². The van der Waals surface area contributed by atoms with Crippen LogP contribution in [0.4, 0.5) is 5.69 Å². The summed E-state index contributed by atoms with van der Waals surface area (Å²) in [6.07, 6.45) is 3.43. The molecular formula is C29H32N2O3.